The summed E-state index contributed by atoms with van der Waals surface area (Å²) in [7, 11) is -3.18. The van der Waals surface area contributed by atoms with Crippen molar-refractivity contribution in [3.05, 3.63) is 59.4 Å². The number of rotatable bonds is 10. The largest absolute Gasteiger partial charge is 0.370 e. The maximum absolute atomic E-state index is 14.5. The third kappa shape index (κ3) is 8.57. The number of nitrogens with one attached hydrogen (secondary N) is 2. The maximum Gasteiger partial charge on any atom is 0.191 e. The van der Waals surface area contributed by atoms with Gasteiger partial charge in [-0.2, -0.15) is 0 Å². The van der Waals surface area contributed by atoms with Gasteiger partial charge in [0.05, 0.1) is 17.1 Å². The van der Waals surface area contributed by atoms with E-state index in [0.717, 1.165) is 30.6 Å². The van der Waals surface area contributed by atoms with Crippen LogP contribution in [0.25, 0.3) is 0 Å². The Morgan fingerprint density at radius 1 is 1.00 bits per heavy atom. The Morgan fingerprint density at radius 2 is 1.62 bits per heavy atom. The molecule has 0 saturated carbocycles. The zero-order chi connectivity index (χ0) is 22.9. The highest BCUT2D eigenvalue weighted by Crippen LogP contribution is 2.20. The SMILES string of the molecule is CCNC(=NCc1ccc(N(CC)CC)c(F)c1)NCCc1ccc(S(C)(=O)=O)cc1.I. The van der Waals surface area contributed by atoms with E-state index in [0.29, 0.717) is 36.2 Å². The lowest BCUT2D eigenvalue weighted by atomic mass is 10.1. The van der Waals surface area contributed by atoms with Crippen molar-refractivity contribution in [2.45, 2.75) is 38.6 Å². The first kappa shape index (κ1) is 28.2. The summed E-state index contributed by atoms with van der Waals surface area (Å²) in [4.78, 5) is 6.85. The van der Waals surface area contributed by atoms with Gasteiger partial charge in [-0.1, -0.05) is 18.2 Å². The average Bonchev–Trinajstić information content (AvgIpc) is 2.74. The number of benzene rings is 2. The second kappa shape index (κ2) is 13.6. The van der Waals surface area contributed by atoms with Crippen LogP contribution in [0.5, 0.6) is 0 Å². The molecule has 0 aromatic heterocycles. The molecule has 9 heteroatoms. The number of halogens is 2. The minimum atomic E-state index is -3.18. The van der Waals surface area contributed by atoms with Crippen molar-refractivity contribution in [1.29, 1.82) is 0 Å². The summed E-state index contributed by atoms with van der Waals surface area (Å²) in [6.45, 7) is 9.24. The molecule has 0 amide bonds. The molecule has 0 aliphatic heterocycles. The van der Waals surface area contributed by atoms with E-state index >= 15 is 0 Å². The second-order valence-electron chi connectivity index (χ2n) is 7.25. The maximum atomic E-state index is 14.5. The summed E-state index contributed by atoms with van der Waals surface area (Å²) in [5.74, 6) is 0.426. The number of guanidine groups is 1. The van der Waals surface area contributed by atoms with Gasteiger partial charge in [-0.05, 0) is 62.6 Å². The molecule has 0 fully saturated rings. The van der Waals surface area contributed by atoms with Gasteiger partial charge in [-0.25, -0.2) is 17.8 Å². The van der Waals surface area contributed by atoms with Crippen molar-refractivity contribution in [2.24, 2.45) is 4.99 Å². The molecule has 178 valence electrons. The number of hydrogen-bond acceptors (Lipinski definition) is 4. The summed E-state index contributed by atoms with van der Waals surface area (Å²) >= 11 is 0. The number of hydrogen-bond donors (Lipinski definition) is 2. The number of anilines is 1. The first-order chi connectivity index (χ1) is 14.8. The molecule has 32 heavy (non-hydrogen) atoms. The van der Waals surface area contributed by atoms with E-state index in [1.165, 1.54) is 6.26 Å². The first-order valence-corrected chi connectivity index (χ1v) is 12.5. The third-order valence-corrected chi connectivity index (χ3v) is 6.07. The molecular weight excluding hydrogens is 542 g/mol. The lowest BCUT2D eigenvalue weighted by Crippen LogP contribution is -2.38. The molecule has 0 bridgehead atoms. The van der Waals surface area contributed by atoms with Crippen molar-refractivity contribution < 1.29 is 12.8 Å². The Bertz CT molecular complexity index is 978. The average molecular weight is 577 g/mol. The van der Waals surface area contributed by atoms with E-state index < -0.39 is 9.84 Å². The number of nitrogens with zero attached hydrogens (tertiary/aromatic N) is 2. The van der Waals surface area contributed by atoms with Crippen LogP contribution in [0.2, 0.25) is 0 Å². The van der Waals surface area contributed by atoms with Gasteiger partial charge in [0.2, 0.25) is 0 Å². The Balaban J connectivity index is 0.00000512. The van der Waals surface area contributed by atoms with Crippen LogP contribution in [0.15, 0.2) is 52.4 Å². The summed E-state index contributed by atoms with van der Waals surface area (Å²) in [6.07, 6.45) is 1.92. The molecule has 0 saturated heterocycles. The van der Waals surface area contributed by atoms with Gasteiger partial charge in [0.25, 0.3) is 0 Å². The van der Waals surface area contributed by atoms with E-state index in [1.807, 2.05) is 49.9 Å². The normalized spacial score (nSPS) is 11.6. The lowest BCUT2D eigenvalue weighted by Gasteiger charge is -2.21. The van der Waals surface area contributed by atoms with E-state index in [2.05, 4.69) is 15.6 Å². The zero-order valence-electron chi connectivity index (χ0n) is 19.2. The van der Waals surface area contributed by atoms with Crippen LogP contribution in [0.4, 0.5) is 10.1 Å². The number of sulfone groups is 1. The molecule has 0 unspecified atom stereocenters. The monoisotopic (exact) mass is 576 g/mol. The summed E-state index contributed by atoms with van der Waals surface area (Å²) < 4.78 is 37.6. The minimum Gasteiger partial charge on any atom is -0.370 e. The summed E-state index contributed by atoms with van der Waals surface area (Å²) in [5, 5.41) is 6.45. The molecule has 2 aromatic rings. The molecule has 0 radical (unpaired) electrons. The molecule has 0 aliphatic carbocycles. The third-order valence-electron chi connectivity index (χ3n) is 4.94. The van der Waals surface area contributed by atoms with Crippen molar-refractivity contribution >= 4 is 45.5 Å². The van der Waals surface area contributed by atoms with Gasteiger partial charge in [-0.15, -0.1) is 24.0 Å². The van der Waals surface area contributed by atoms with Gasteiger partial charge < -0.3 is 15.5 Å². The first-order valence-electron chi connectivity index (χ1n) is 10.6. The van der Waals surface area contributed by atoms with Crippen LogP contribution in [-0.2, 0) is 22.8 Å². The quantitative estimate of drug-likeness (QED) is 0.254. The van der Waals surface area contributed by atoms with Gasteiger partial charge in [0, 0.05) is 32.4 Å². The fourth-order valence-corrected chi connectivity index (χ4v) is 3.84. The van der Waals surface area contributed by atoms with Gasteiger partial charge in [0.15, 0.2) is 15.8 Å². The predicted molar refractivity (Wildman–Crippen MR) is 141 cm³/mol. The highest BCUT2D eigenvalue weighted by molar-refractivity contribution is 14.0. The second-order valence-corrected chi connectivity index (χ2v) is 9.26. The van der Waals surface area contributed by atoms with Crippen LogP contribution in [0.1, 0.15) is 31.9 Å². The van der Waals surface area contributed by atoms with Gasteiger partial charge in [-0.3, -0.25) is 0 Å². The predicted octanol–water partition coefficient (Wildman–Crippen LogP) is 3.99. The van der Waals surface area contributed by atoms with E-state index in [-0.39, 0.29) is 29.8 Å². The topological polar surface area (TPSA) is 73.8 Å². The van der Waals surface area contributed by atoms with Crippen LogP contribution < -0.4 is 15.5 Å². The highest BCUT2D eigenvalue weighted by atomic mass is 127. The molecule has 2 aromatic carbocycles. The molecule has 6 nitrogen and oxygen atoms in total. The van der Waals surface area contributed by atoms with Crippen molar-refractivity contribution in [2.75, 3.05) is 37.3 Å². The number of aliphatic imine (C=N–C) groups is 1. The van der Waals surface area contributed by atoms with Gasteiger partial charge in [0.1, 0.15) is 5.82 Å². The summed E-state index contributed by atoms with van der Waals surface area (Å²) in [5.41, 5.74) is 2.46. The molecule has 2 rings (SSSR count). The fourth-order valence-electron chi connectivity index (χ4n) is 3.21. The Kier molecular flexibility index (Phi) is 12.0. The highest BCUT2D eigenvalue weighted by Gasteiger charge is 2.09. The molecule has 0 aliphatic rings. The van der Waals surface area contributed by atoms with Crippen LogP contribution in [0, 0.1) is 5.82 Å². The standard InChI is InChI=1S/C23H33FN4O2S.HI/c1-5-25-23(26-15-14-18-8-11-20(12-9-18)31(4,29)30)27-17-19-10-13-22(21(24)16-19)28(6-2)7-3;/h8-13,16H,5-7,14-15,17H2,1-4H3,(H2,25,26,27);1H. The minimum absolute atomic E-state index is 0. The molecule has 0 heterocycles. The van der Waals surface area contributed by atoms with Crippen LogP contribution >= 0.6 is 24.0 Å². The molecule has 0 atom stereocenters. The Hall–Kier alpha value is -1.88. The van der Waals surface area contributed by atoms with Crippen molar-refractivity contribution in [1.82, 2.24) is 10.6 Å². The zero-order valence-corrected chi connectivity index (χ0v) is 22.3. The van der Waals surface area contributed by atoms with Crippen molar-refractivity contribution in [3.8, 4) is 0 Å². The molecule has 0 spiro atoms. The van der Waals surface area contributed by atoms with E-state index in [9.17, 15) is 12.8 Å². The van der Waals surface area contributed by atoms with Crippen molar-refractivity contribution in [3.63, 3.8) is 0 Å². The fraction of sp³-hybridized carbons (Fsp3) is 0.435. The lowest BCUT2D eigenvalue weighted by molar-refractivity contribution is 0.602. The molecule has 2 N–H and O–H groups in total. The Labute approximate surface area is 208 Å². The van der Waals surface area contributed by atoms with Crippen LogP contribution in [-0.4, -0.2) is 46.8 Å². The smallest absolute Gasteiger partial charge is 0.191 e. The van der Waals surface area contributed by atoms with E-state index in [1.54, 1.807) is 18.2 Å². The van der Waals surface area contributed by atoms with E-state index in [4.69, 9.17) is 0 Å². The van der Waals surface area contributed by atoms with Gasteiger partial charge >= 0.3 is 0 Å². The summed E-state index contributed by atoms with van der Waals surface area (Å²) in [6, 6.07) is 12.2. The Morgan fingerprint density at radius 3 is 2.16 bits per heavy atom. The van der Waals surface area contributed by atoms with Crippen LogP contribution in [0.3, 0.4) is 0 Å². The molecular formula is C23H34FIN4O2S.